The molecule has 0 aliphatic carbocycles. The minimum atomic E-state index is -1.30. The van der Waals surface area contributed by atoms with Crippen LogP contribution in [0.1, 0.15) is 32.4 Å². The van der Waals surface area contributed by atoms with Gasteiger partial charge >= 0.3 is 6.09 Å². The molecule has 0 spiro atoms. The summed E-state index contributed by atoms with van der Waals surface area (Å²) in [6, 6.07) is 0.593. The van der Waals surface area contributed by atoms with Gasteiger partial charge in [-0.1, -0.05) is 0 Å². The van der Waals surface area contributed by atoms with Crippen molar-refractivity contribution in [1.29, 1.82) is 0 Å². The fourth-order valence-electron chi connectivity index (χ4n) is 1.54. The van der Waals surface area contributed by atoms with Crippen LogP contribution in [0, 0.1) is 0 Å². The summed E-state index contributed by atoms with van der Waals surface area (Å²) in [5.74, 6) is -1.41. The van der Waals surface area contributed by atoms with Crippen molar-refractivity contribution in [1.82, 2.24) is 5.32 Å². The maximum absolute atomic E-state index is 11.6. The number of carbonyl (C=O) groups excluding carboxylic acids is 2. The molecule has 7 nitrogen and oxygen atoms in total. The predicted octanol–water partition coefficient (Wildman–Crippen LogP) is 1.57. The largest absolute Gasteiger partial charge is 0.508 e. The zero-order chi connectivity index (χ0) is 15.5. The number of hydrogen-bond acceptors (Lipinski definition) is 6. The average Bonchev–Trinajstić information content (AvgIpc) is 2.23. The molecule has 1 aromatic carbocycles. The monoisotopic (exact) mass is 283 g/mol. The predicted molar refractivity (Wildman–Crippen MR) is 69.6 cm³/mol. The fourth-order valence-corrected chi connectivity index (χ4v) is 1.54. The Morgan fingerprint density at radius 1 is 1.25 bits per heavy atom. The SMILES string of the molecule is CC(C)(C)OC(=O)NC(C=O)c1c(O)cc(O)cc1O. The molecule has 0 aromatic heterocycles. The molecule has 7 heteroatoms. The first-order valence-electron chi connectivity index (χ1n) is 5.83. The lowest BCUT2D eigenvalue weighted by Crippen LogP contribution is -2.35. The van der Waals surface area contributed by atoms with E-state index in [1.165, 1.54) is 0 Å². The van der Waals surface area contributed by atoms with Crippen LogP contribution in [0.4, 0.5) is 4.79 Å². The summed E-state index contributed by atoms with van der Waals surface area (Å²) in [5.41, 5.74) is -0.972. The average molecular weight is 283 g/mol. The van der Waals surface area contributed by atoms with E-state index in [1.807, 2.05) is 0 Å². The van der Waals surface area contributed by atoms with E-state index in [4.69, 9.17) is 4.74 Å². The first kappa shape index (κ1) is 15.6. The number of alkyl carbamates (subject to hydrolysis) is 1. The molecule has 20 heavy (non-hydrogen) atoms. The van der Waals surface area contributed by atoms with E-state index < -0.39 is 29.2 Å². The Bertz CT molecular complexity index is 497. The molecule has 0 aliphatic rings. The van der Waals surface area contributed by atoms with E-state index in [9.17, 15) is 24.9 Å². The van der Waals surface area contributed by atoms with Crippen LogP contribution in [-0.4, -0.2) is 33.3 Å². The quantitative estimate of drug-likeness (QED) is 0.626. The molecule has 1 atom stereocenters. The molecule has 1 rings (SSSR count). The number of aromatic hydroxyl groups is 3. The molecule has 0 heterocycles. The highest BCUT2D eigenvalue weighted by atomic mass is 16.6. The Labute approximate surface area is 115 Å². The number of nitrogens with one attached hydrogen (secondary N) is 1. The van der Waals surface area contributed by atoms with Crippen LogP contribution in [0.25, 0.3) is 0 Å². The maximum Gasteiger partial charge on any atom is 0.408 e. The van der Waals surface area contributed by atoms with Crippen molar-refractivity contribution < 1.29 is 29.6 Å². The van der Waals surface area contributed by atoms with Gasteiger partial charge in [0, 0.05) is 12.1 Å². The Morgan fingerprint density at radius 2 is 1.75 bits per heavy atom. The minimum Gasteiger partial charge on any atom is -0.508 e. The second-order valence-corrected chi connectivity index (χ2v) is 5.16. The minimum absolute atomic E-state index is 0.219. The molecule has 0 aliphatic heterocycles. The molecule has 4 N–H and O–H groups in total. The maximum atomic E-state index is 11.6. The number of amides is 1. The van der Waals surface area contributed by atoms with Crippen LogP contribution >= 0.6 is 0 Å². The lowest BCUT2D eigenvalue weighted by atomic mass is 10.1. The molecule has 1 aromatic rings. The van der Waals surface area contributed by atoms with E-state index in [1.54, 1.807) is 20.8 Å². The van der Waals surface area contributed by atoms with Crippen LogP contribution in [0.3, 0.4) is 0 Å². The standard InChI is InChI=1S/C13H17NO6/c1-13(2,3)20-12(19)14-8(6-15)11-9(17)4-7(16)5-10(11)18/h4-6,8,16-18H,1-3H3,(H,14,19). The summed E-state index contributed by atoms with van der Waals surface area (Å²) < 4.78 is 4.97. The molecule has 0 saturated carbocycles. The Hall–Kier alpha value is -2.44. The van der Waals surface area contributed by atoms with E-state index in [-0.39, 0.29) is 11.3 Å². The second kappa shape index (κ2) is 5.68. The number of aldehydes is 1. The van der Waals surface area contributed by atoms with Crippen molar-refractivity contribution in [3.63, 3.8) is 0 Å². The zero-order valence-electron chi connectivity index (χ0n) is 11.4. The summed E-state index contributed by atoms with van der Waals surface area (Å²) in [6.07, 6.45) is -0.545. The molecule has 110 valence electrons. The highest BCUT2D eigenvalue weighted by molar-refractivity contribution is 5.76. The van der Waals surface area contributed by atoms with Gasteiger partial charge in [-0.15, -0.1) is 0 Å². The molecular weight excluding hydrogens is 266 g/mol. The molecule has 0 radical (unpaired) electrons. The van der Waals surface area contributed by atoms with Crippen molar-refractivity contribution in [2.24, 2.45) is 0 Å². The second-order valence-electron chi connectivity index (χ2n) is 5.16. The third-order valence-electron chi connectivity index (χ3n) is 2.24. The van der Waals surface area contributed by atoms with Gasteiger partial charge in [0.25, 0.3) is 0 Å². The lowest BCUT2D eigenvalue weighted by Gasteiger charge is -2.22. The summed E-state index contributed by atoms with van der Waals surface area (Å²) in [6.45, 7) is 4.95. The van der Waals surface area contributed by atoms with Crippen molar-refractivity contribution in [3.05, 3.63) is 17.7 Å². The highest BCUT2D eigenvalue weighted by Gasteiger charge is 2.24. The lowest BCUT2D eigenvalue weighted by molar-refractivity contribution is -0.109. The number of hydrogen-bond donors (Lipinski definition) is 4. The van der Waals surface area contributed by atoms with Crippen LogP contribution < -0.4 is 5.32 Å². The number of phenolic OH excluding ortho intramolecular Hbond substituents is 3. The Morgan fingerprint density at radius 3 is 2.15 bits per heavy atom. The number of phenols is 3. The molecule has 0 bridgehead atoms. The number of carbonyl (C=O) groups is 2. The highest BCUT2D eigenvalue weighted by Crippen LogP contribution is 2.35. The molecular formula is C13H17NO6. The summed E-state index contributed by atoms with van der Waals surface area (Å²) in [7, 11) is 0. The molecule has 0 saturated heterocycles. The smallest absolute Gasteiger partial charge is 0.408 e. The third-order valence-corrected chi connectivity index (χ3v) is 2.24. The van der Waals surface area contributed by atoms with E-state index in [2.05, 4.69) is 5.32 Å². The zero-order valence-corrected chi connectivity index (χ0v) is 11.4. The van der Waals surface area contributed by atoms with Gasteiger partial charge in [-0.2, -0.15) is 0 Å². The normalized spacial score (nSPS) is 12.6. The van der Waals surface area contributed by atoms with Crippen LogP contribution in [0.2, 0.25) is 0 Å². The van der Waals surface area contributed by atoms with Gasteiger partial charge < -0.3 is 30.2 Å². The Kier molecular flexibility index (Phi) is 4.44. The van der Waals surface area contributed by atoms with Crippen LogP contribution in [-0.2, 0) is 9.53 Å². The molecule has 0 fully saturated rings. The van der Waals surface area contributed by atoms with Gasteiger partial charge in [-0.25, -0.2) is 4.79 Å². The van der Waals surface area contributed by atoms with E-state index in [0.717, 1.165) is 12.1 Å². The van der Waals surface area contributed by atoms with Crippen molar-refractivity contribution >= 4 is 12.4 Å². The van der Waals surface area contributed by atoms with Gasteiger partial charge in [0.15, 0.2) is 0 Å². The van der Waals surface area contributed by atoms with Crippen molar-refractivity contribution in [2.75, 3.05) is 0 Å². The number of ether oxygens (including phenoxy) is 1. The van der Waals surface area contributed by atoms with Crippen LogP contribution in [0.5, 0.6) is 17.2 Å². The van der Waals surface area contributed by atoms with Gasteiger partial charge in [0.2, 0.25) is 0 Å². The van der Waals surface area contributed by atoms with Gasteiger partial charge in [0.1, 0.15) is 35.2 Å². The van der Waals surface area contributed by atoms with E-state index in [0.29, 0.717) is 6.29 Å². The molecule has 1 amide bonds. The van der Waals surface area contributed by atoms with Crippen molar-refractivity contribution in [2.45, 2.75) is 32.4 Å². The first-order valence-corrected chi connectivity index (χ1v) is 5.83. The van der Waals surface area contributed by atoms with Gasteiger partial charge in [-0.3, -0.25) is 0 Å². The summed E-state index contributed by atoms with van der Waals surface area (Å²) in [4.78, 5) is 22.6. The third kappa shape index (κ3) is 4.04. The van der Waals surface area contributed by atoms with Crippen LogP contribution in [0.15, 0.2) is 12.1 Å². The summed E-state index contributed by atoms with van der Waals surface area (Å²) in [5, 5.41) is 30.7. The first-order chi connectivity index (χ1) is 9.14. The van der Waals surface area contributed by atoms with E-state index >= 15 is 0 Å². The number of benzene rings is 1. The van der Waals surface area contributed by atoms with Gasteiger partial charge in [-0.05, 0) is 20.8 Å². The molecule has 1 unspecified atom stereocenters. The summed E-state index contributed by atoms with van der Waals surface area (Å²) >= 11 is 0. The fraction of sp³-hybridized carbons (Fsp3) is 0.385. The topological polar surface area (TPSA) is 116 Å². The Balaban J connectivity index is 2.98. The van der Waals surface area contributed by atoms with Gasteiger partial charge in [0.05, 0.1) is 5.56 Å². The number of rotatable bonds is 3. The van der Waals surface area contributed by atoms with Crippen molar-refractivity contribution in [3.8, 4) is 17.2 Å².